The second kappa shape index (κ2) is 5.87. The second-order valence-corrected chi connectivity index (χ2v) is 4.57. The molecule has 106 valence electrons. The van der Waals surface area contributed by atoms with Crippen molar-refractivity contribution in [3.63, 3.8) is 0 Å². The summed E-state index contributed by atoms with van der Waals surface area (Å²) in [5.74, 6) is -1.63. The maximum absolute atomic E-state index is 13.4. The zero-order valence-corrected chi connectivity index (χ0v) is 10.6. The molecule has 0 radical (unpaired) electrons. The van der Waals surface area contributed by atoms with Gasteiger partial charge in [-0.15, -0.1) is 0 Å². The van der Waals surface area contributed by atoms with Crippen LogP contribution in [0, 0.1) is 5.82 Å². The van der Waals surface area contributed by atoms with Crippen LogP contribution in [0.1, 0.15) is 0 Å². The molecule has 0 fully saturated rings. The van der Waals surface area contributed by atoms with Crippen molar-refractivity contribution in [3.05, 3.63) is 40.6 Å². The highest BCUT2D eigenvalue weighted by Gasteiger charge is 2.14. The number of ether oxygens (including phenoxy) is 1. The summed E-state index contributed by atoms with van der Waals surface area (Å²) in [5, 5.41) is 0.193. The van der Waals surface area contributed by atoms with Crippen LogP contribution >= 0.6 is 11.8 Å². The predicted octanol–water partition coefficient (Wildman–Crippen LogP) is 2.24. The van der Waals surface area contributed by atoms with Gasteiger partial charge in [0, 0.05) is 28.9 Å². The van der Waals surface area contributed by atoms with Gasteiger partial charge < -0.3 is 15.5 Å². The summed E-state index contributed by atoms with van der Waals surface area (Å²) < 4.78 is 41.7. The van der Waals surface area contributed by atoms with Crippen LogP contribution in [0.15, 0.2) is 39.2 Å². The molecule has 0 atom stereocenters. The fraction of sp³-hybridized carbons (Fsp3) is 0.0909. The number of hydrogen-bond donors (Lipinski definition) is 2. The Balaban J connectivity index is 2.33. The summed E-state index contributed by atoms with van der Waals surface area (Å²) in [6, 6.07) is 3.10. The highest BCUT2D eigenvalue weighted by atomic mass is 32.2. The third-order valence-corrected chi connectivity index (χ3v) is 3.11. The summed E-state index contributed by atoms with van der Waals surface area (Å²) in [4.78, 5) is 17.6. The van der Waals surface area contributed by atoms with Gasteiger partial charge in [0.15, 0.2) is 16.7 Å². The van der Waals surface area contributed by atoms with Gasteiger partial charge in [-0.3, -0.25) is 4.79 Å². The first kappa shape index (κ1) is 14.3. The van der Waals surface area contributed by atoms with Gasteiger partial charge in [0.05, 0.1) is 0 Å². The first-order valence-electron chi connectivity index (χ1n) is 5.22. The largest absolute Gasteiger partial charge is 0.432 e. The van der Waals surface area contributed by atoms with E-state index in [4.69, 9.17) is 5.73 Å². The van der Waals surface area contributed by atoms with E-state index in [1.54, 1.807) is 0 Å². The minimum absolute atomic E-state index is 0.0145. The van der Waals surface area contributed by atoms with Crippen LogP contribution in [-0.4, -0.2) is 16.6 Å². The van der Waals surface area contributed by atoms with E-state index < -0.39 is 18.2 Å². The number of rotatable bonds is 4. The molecule has 0 aliphatic carbocycles. The first-order valence-corrected chi connectivity index (χ1v) is 6.04. The van der Waals surface area contributed by atoms with Gasteiger partial charge in [0.1, 0.15) is 0 Å². The molecule has 0 aliphatic heterocycles. The summed E-state index contributed by atoms with van der Waals surface area (Å²) in [6.45, 7) is -3.15. The average molecular weight is 303 g/mol. The number of nitrogens with zero attached hydrogens (tertiary/aromatic N) is 1. The smallest absolute Gasteiger partial charge is 0.387 e. The Morgan fingerprint density at radius 2 is 2.15 bits per heavy atom. The maximum Gasteiger partial charge on any atom is 0.387 e. The Hall–Kier alpha value is -2.16. The SMILES string of the molecule is Nc1cc(F)c(OC(F)F)cc1Sc1nccc(=O)[nH]1. The number of nitrogens with one attached hydrogen (secondary N) is 1. The first-order chi connectivity index (χ1) is 9.45. The van der Waals surface area contributed by atoms with Crippen LogP contribution in [0.5, 0.6) is 5.75 Å². The lowest BCUT2D eigenvalue weighted by atomic mass is 10.3. The maximum atomic E-state index is 13.4. The van der Waals surface area contributed by atoms with E-state index in [2.05, 4.69) is 14.7 Å². The van der Waals surface area contributed by atoms with Gasteiger partial charge in [-0.2, -0.15) is 8.78 Å². The van der Waals surface area contributed by atoms with E-state index in [1.165, 1.54) is 12.3 Å². The number of alkyl halides is 2. The summed E-state index contributed by atoms with van der Waals surface area (Å²) >= 11 is 0.895. The molecule has 9 heteroatoms. The summed E-state index contributed by atoms with van der Waals surface area (Å²) in [7, 11) is 0. The number of aromatic amines is 1. The van der Waals surface area contributed by atoms with Crippen molar-refractivity contribution < 1.29 is 17.9 Å². The summed E-state index contributed by atoms with van der Waals surface area (Å²) in [6.07, 6.45) is 1.28. The number of H-pyrrole nitrogens is 1. The van der Waals surface area contributed by atoms with Gasteiger partial charge in [0.25, 0.3) is 5.56 Å². The zero-order chi connectivity index (χ0) is 14.7. The van der Waals surface area contributed by atoms with Crippen molar-refractivity contribution in [1.82, 2.24) is 9.97 Å². The number of halogens is 3. The van der Waals surface area contributed by atoms with Crippen molar-refractivity contribution in [2.24, 2.45) is 0 Å². The molecule has 2 aromatic rings. The van der Waals surface area contributed by atoms with E-state index in [0.29, 0.717) is 0 Å². The molecule has 1 aromatic heterocycles. The van der Waals surface area contributed by atoms with Crippen LogP contribution in [0.4, 0.5) is 18.9 Å². The molecule has 0 saturated heterocycles. The molecule has 0 unspecified atom stereocenters. The number of hydrogen-bond acceptors (Lipinski definition) is 5. The van der Waals surface area contributed by atoms with Crippen molar-refractivity contribution in [2.45, 2.75) is 16.7 Å². The lowest BCUT2D eigenvalue weighted by Gasteiger charge is -2.10. The van der Waals surface area contributed by atoms with E-state index in [1.807, 2.05) is 0 Å². The molecule has 0 aliphatic rings. The molecule has 1 aromatic carbocycles. The number of anilines is 1. The van der Waals surface area contributed by atoms with Crippen molar-refractivity contribution in [2.75, 3.05) is 5.73 Å². The fourth-order valence-electron chi connectivity index (χ4n) is 1.33. The van der Waals surface area contributed by atoms with Gasteiger partial charge in [-0.25, -0.2) is 9.37 Å². The topological polar surface area (TPSA) is 81.0 Å². The third-order valence-electron chi connectivity index (χ3n) is 2.13. The number of nitrogen functional groups attached to an aromatic ring is 1. The molecule has 0 amide bonds. The van der Waals surface area contributed by atoms with E-state index >= 15 is 0 Å². The van der Waals surface area contributed by atoms with Gasteiger partial charge in [0.2, 0.25) is 0 Å². The molecule has 3 N–H and O–H groups in total. The minimum Gasteiger partial charge on any atom is -0.432 e. The molecule has 0 spiro atoms. The third kappa shape index (κ3) is 3.44. The molecule has 2 rings (SSSR count). The van der Waals surface area contributed by atoms with Crippen LogP contribution in [-0.2, 0) is 0 Å². The van der Waals surface area contributed by atoms with Crippen molar-refractivity contribution >= 4 is 17.4 Å². The Kier molecular flexibility index (Phi) is 4.18. The number of benzene rings is 1. The van der Waals surface area contributed by atoms with Gasteiger partial charge in [-0.05, 0) is 17.8 Å². The van der Waals surface area contributed by atoms with Crippen molar-refractivity contribution in [3.8, 4) is 5.75 Å². The monoisotopic (exact) mass is 303 g/mol. The normalized spacial score (nSPS) is 10.8. The zero-order valence-electron chi connectivity index (χ0n) is 9.77. The van der Waals surface area contributed by atoms with Crippen LogP contribution in [0.25, 0.3) is 0 Å². The Morgan fingerprint density at radius 1 is 1.40 bits per heavy atom. The number of nitrogens with two attached hydrogens (primary N) is 1. The highest BCUT2D eigenvalue weighted by Crippen LogP contribution is 2.34. The average Bonchev–Trinajstić information content (AvgIpc) is 2.34. The fourth-order valence-corrected chi connectivity index (χ4v) is 2.15. The summed E-state index contributed by atoms with van der Waals surface area (Å²) in [5.41, 5.74) is 5.22. The van der Waals surface area contributed by atoms with E-state index in [-0.39, 0.29) is 21.3 Å². The second-order valence-electron chi connectivity index (χ2n) is 3.54. The molecule has 20 heavy (non-hydrogen) atoms. The van der Waals surface area contributed by atoms with Gasteiger partial charge >= 0.3 is 6.61 Å². The lowest BCUT2D eigenvalue weighted by Crippen LogP contribution is -2.06. The molecule has 0 bridgehead atoms. The molecule has 1 heterocycles. The van der Waals surface area contributed by atoms with E-state index in [0.717, 1.165) is 23.9 Å². The van der Waals surface area contributed by atoms with Crippen molar-refractivity contribution in [1.29, 1.82) is 0 Å². The minimum atomic E-state index is -3.15. The lowest BCUT2D eigenvalue weighted by molar-refractivity contribution is -0.0523. The van der Waals surface area contributed by atoms with E-state index in [9.17, 15) is 18.0 Å². The Labute approximate surface area is 115 Å². The van der Waals surface area contributed by atoms with Crippen LogP contribution < -0.4 is 16.0 Å². The molecular formula is C11H8F3N3O2S. The quantitative estimate of drug-likeness (QED) is 0.669. The highest BCUT2D eigenvalue weighted by molar-refractivity contribution is 7.99. The Bertz CT molecular complexity index is 678. The number of aromatic nitrogens is 2. The predicted molar refractivity (Wildman–Crippen MR) is 66.4 cm³/mol. The molecule has 5 nitrogen and oxygen atoms in total. The standard InChI is InChI=1S/C11H8F3N3O2S/c12-5-3-6(15)8(4-7(5)19-10(13)14)20-11-16-2-1-9(18)17-11/h1-4,10H,15H2,(H,16,17,18). The van der Waals surface area contributed by atoms with Gasteiger partial charge in [-0.1, -0.05) is 0 Å². The molecule has 0 saturated carbocycles. The Morgan fingerprint density at radius 3 is 2.80 bits per heavy atom. The molecular weight excluding hydrogens is 295 g/mol. The van der Waals surface area contributed by atoms with Crippen LogP contribution in [0.2, 0.25) is 0 Å². The van der Waals surface area contributed by atoms with Crippen LogP contribution in [0.3, 0.4) is 0 Å².